The van der Waals surface area contributed by atoms with Gasteiger partial charge < -0.3 is 10.2 Å². The molecule has 0 unspecified atom stereocenters. The van der Waals surface area contributed by atoms with Gasteiger partial charge >= 0.3 is 0 Å². The van der Waals surface area contributed by atoms with Crippen LogP contribution in [0.15, 0.2) is 95.4 Å². The number of carbonyl (C=O) groups excluding carboxylic acids is 2. The first-order chi connectivity index (χ1) is 21.8. The SMILES string of the molecule is O=C(NCCC1=CCCCC1)[C@@H](c1ccccc1)N(Cc1ccc(Cl)cc1)C(=O)CCc1ccc(S(=O)(=O)N2CCCC2)cc1. The number of amides is 2. The monoisotopic (exact) mass is 647 g/mol. The Balaban J connectivity index is 1.34. The average molecular weight is 648 g/mol. The van der Waals surface area contributed by atoms with Crippen LogP contribution in [0, 0.1) is 0 Å². The number of halogens is 1. The normalized spacial score (nSPS) is 16.2. The zero-order valence-corrected chi connectivity index (χ0v) is 27.2. The number of allylic oxidation sites excluding steroid dienone is 1. The summed E-state index contributed by atoms with van der Waals surface area (Å²) >= 11 is 6.14. The number of sulfonamides is 1. The number of aryl methyl sites for hydroxylation is 1. The van der Waals surface area contributed by atoms with Crippen molar-refractivity contribution in [3.05, 3.63) is 112 Å². The molecular weight excluding hydrogens is 606 g/mol. The number of hydrogen-bond donors (Lipinski definition) is 1. The molecule has 3 aromatic rings. The number of rotatable bonds is 13. The van der Waals surface area contributed by atoms with E-state index in [0.717, 1.165) is 48.8 Å². The van der Waals surface area contributed by atoms with Crippen LogP contribution in [0.4, 0.5) is 0 Å². The second kappa shape index (κ2) is 15.7. The third-order valence-corrected chi connectivity index (χ3v) is 10.8. The van der Waals surface area contributed by atoms with Crippen LogP contribution in [0.25, 0.3) is 0 Å². The Labute approximate surface area is 272 Å². The van der Waals surface area contributed by atoms with Crippen LogP contribution in [0.2, 0.25) is 5.02 Å². The van der Waals surface area contributed by atoms with E-state index >= 15 is 0 Å². The van der Waals surface area contributed by atoms with Crippen molar-refractivity contribution in [2.24, 2.45) is 0 Å². The molecule has 2 amide bonds. The fourth-order valence-electron chi connectivity index (χ4n) is 6.09. The molecule has 238 valence electrons. The van der Waals surface area contributed by atoms with Gasteiger partial charge in [0.1, 0.15) is 6.04 Å². The van der Waals surface area contributed by atoms with E-state index in [-0.39, 0.29) is 29.7 Å². The Morgan fingerprint density at radius 1 is 0.844 bits per heavy atom. The van der Waals surface area contributed by atoms with Crippen LogP contribution in [-0.4, -0.2) is 49.1 Å². The van der Waals surface area contributed by atoms with E-state index in [9.17, 15) is 18.0 Å². The van der Waals surface area contributed by atoms with Crippen LogP contribution in [0.3, 0.4) is 0 Å². The minimum absolute atomic E-state index is 0.162. The van der Waals surface area contributed by atoms with E-state index < -0.39 is 16.1 Å². The summed E-state index contributed by atoms with van der Waals surface area (Å²) in [6.45, 7) is 1.86. The number of hydrogen-bond acceptors (Lipinski definition) is 4. The molecule has 0 saturated carbocycles. The lowest BCUT2D eigenvalue weighted by atomic mass is 9.97. The van der Waals surface area contributed by atoms with Gasteiger partial charge in [-0.25, -0.2) is 8.42 Å². The number of nitrogens with zero attached hydrogens (tertiary/aromatic N) is 2. The Bertz CT molecular complexity index is 1570. The predicted molar refractivity (Wildman–Crippen MR) is 178 cm³/mol. The maximum Gasteiger partial charge on any atom is 0.247 e. The second-order valence-corrected chi connectivity index (χ2v) is 14.2. The fraction of sp³-hybridized carbons (Fsp3) is 0.389. The molecule has 5 rings (SSSR count). The molecule has 3 aromatic carbocycles. The molecule has 2 aliphatic rings. The highest BCUT2D eigenvalue weighted by Gasteiger charge is 2.31. The van der Waals surface area contributed by atoms with E-state index in [1.165, 1.54) is 22.7 Å². The highest BCUT2D eigenvalue weighted by atomic mass is 35.5. The summed E-state index contributed by atoms with van der Waals surface area (Å²) in [5, 5.41) is 3.72. The zero-order chi connectivity index (χ0) is 31.6. The summed E-state index contributed by atoms with van der Waals surface area (Å²) in [7, 11) is -3.50. The molecule has 1 saturated heterocycles. The van der Waals surface area contributed by atoms with Crippen molar-refractivity contribution >= 4 is 33.4 Å². The first-order valence-corrected chi connectivity index (χ1v) is 17.8. The largest absolute Gasteiger partial charge is 0.354 e. The molecule has 1 atom stereocenters. The van der Waals surface area contributed by atoms with Crippen molar-refractivity contribution in [2.75, 3.05) is 19.6 Å². The summed E-state index contributed by atoms with van der Waals surface area (Å²) in [6.07, 6.45) is 10.0. The Kier molecular flexibility index (Phi) is 11.5. The molecule has 0 radical (unpaired) electrons. The van der Waals surface area contributed by atoms with Crippen molar-refractivity contribution in [3.8, 4) is 0 Å². The van der Waals surface area contributed by atoms with Crippen LogP contribution in [0.1, 0.15) is 74.1 Å². The number of nitrogens with one attached hydrogen (secondary N) is 1. The third-order valence-electron chi connectivity index (χ3n) is 8.65. The molecule has 1 N–H and O–H groups in total. The first-order valence-electron chi connectivity index (χ1n) is 15.9. The standard InChI is InChI=1S/C36H42ClN3O4S/c37-32-18-13-30(14-19-32)27-40(34(41)22-17-29-15-20-33(21-16-29)45(43,44)39-25-7-8-26-39)35(31-11-5-2-6-12-31)36(42)38-24-23-28-9-3-1-4-10-28/h2,5-6,9,11-16,18-21,35H,1,3-4,7-8,10,17,22-27H2,(H,38,42)/t35-/m1/s1. The van der Waals surface area contributed by atoms with Crippen molar-refractivity contribution in [2.45, 2.75) is 75.3 Å². The molecule has 0 bridgehead atoms. The summed E-state index contributed by atoms with van der Waals surface area (Å²) in [5.74, 6) is -0.380. The lowest BCUT2D eigenvalue weighted by molar-refractivity contribution is -0.141. The van der Waals surface area contributed by atoms with Crippen LogP contribution in [-0.2, 0) is 32.6 Å². The maximum atomic E-state index is 14.0. The summed E-state index contributed by atoms with van der Waals surface area (Å²) < 4.78 is 27.4. The van der Waals surface area contributed by atoms with Gasteiger partial charge in [-0.2, -0.15) is 4.31 Å². The third kappa shape index (κ3) is 8.84. The predicted octanol–water partition coefficient (Wildman–Crippen LogP) is 6.83. The topological polar surface area (TPSA) is 86.8 Å². The highest BCUT2D eigenvalue weighted by Crippen LogP contribution is 2.27. The van der Waals surface area contributed by atoms with Gasteiger partial charge in [-0.1, -0.05) is 77.8 Å². The van der Waals surface area contributed by atoms with Crippen molar-refractivity contribution in [1.82, 2.24) is 14.5 Å². The molecule has 9 heteroatoms. The van der Waals surface area contributed by atoms with Gasteiger partial charge in [0.25, 0.3) is 0 Å². The van der Waals surface area contributed by atoms with Gasteiger partial charge in [-0.3, -0.25) is 9.59 Å². The van der Waals surface area contributed by atoms with Crippen molar-refractivity contribution in [1.29, 1.82) is 0 Å². The smallest absolute Gasteiger partial charge is 0.247 e. The van der Waals surface area contributed by atoms with E-state index in [1.54, 1.807) is 41.3 Å². The lowest BCUT2D eigenvalue weighted by Crippen LogP contribution is -2.43. The van der Waals surface area contributed by atoms with Gasteiger partial charge in [-0.05, 0) is 92.3 Å². The zero-order valence-electron chi connectivity index (χ0n) is 25.7. The van der Waals surface area contributed by atoms with Crippen molar-refractivity contribution in [3.63, 3.8) is 0 Å². The molecule has 0 aromatic heterocycles. The molecule has 45 heavy (non-hydrogen) atoms. The molecule has 7 nitrogen and oxygen atoms in total. The van der Waals surface area contributed by atoms with Gasteiger partial charge in [0, 0.05) is 37.6 Å². The minimum atomic E-state index is -3.50. The lowest BCUT2D eigenvalue weighted by Gasteiger charge is -2.32. The molecule has 1 heterocycles. The van der Waals surface area contributed by atoms with Crippen LogP contribution < -0.4 is 5.32 Å². The Morgan fingerprint density at radius 3 is 2.20 bits per heavy atom. The van der Waals surface area contributed by atoms with E-state index in [2.05, 4.69) is 11.4 Å². The second-order valence-electron chi connectivity index (χ2n) is 11.9. The van der Waals surface area contributed by atoms with E-state index in [0.29, 0.717) is 31.1 Å². The van der Waals surface area contributed by atoms with Crippen molar-refractivity contribution < 1.29 is 18.0 Å². The quantitative estimate of drug-likeness (QED) is 0.206. The summed E-state index contributed by atoms with van der Waals surface area (Å²) in [4.78, 5) is 29.8. The van der Waals surface area contributed by atoms with Crippen LogP contribution in [0.5, 0.6) is 0 Å². The Morgan fingerprint density at radius 2 is 1.53 bits per heavy atom. The molecule has 1 aliphatic carbocycles. The van der Waals surface area contributed by atoms with Gasteiger partial charge in [0.05, 0.1) is 4.90 Å². The average Bonchev–Trinajstić information content (AvgIpc) is 3.62. The number of carbonyl (C=O) groups is 2. The van der Waals surface area contributed by atoms with Crippen LogP contribution >= 0.6 is 11.6 Å². The molecule has 1 aliphatic heterocycles. The van der Waals surface area contributed by atoms with E-state index in [1.807, 2.05) is 42.5 Å². The first kappa shape index (κ1) is 32.9. The summed E-state index contributed by atoms with van der Waals surface area (Å²) in [6, 6.07) is 22.7. The maximum absolute atomic E-state index is 14.0. The van der Waals surface area contributed by atoms with Gasteiger partial charge in [0.2, 0.25) is 21.8 Å². The molecule has 0 spiro atoms. The molecule has 1 fully saturated rings. The molecular formula is C36H42ClN3O4S. The van der Waals surface area contributed by atoms with Gasteiger partial charge in [-0.15, -0.1) is 0 Å². The van der Waals surface area contributed by atoms with E-state index in [4.69, 9.17) is 11.6 Å². The fourth-order valence-corrected chi connectivity index (χ4v) is 7.74. The Hall–Kier alpha value is -3.46. The minimum Gasteiger partial charge on any atom is -0.354 e. The number of benzene rings is 3. The van der Waals surface area contributed by atoms with Gasteiger partial charge in [0.15, 0.2) is 0 Å². The highest BCUT2D eigenvalue weighted by molar-refractivity contribution is 7.89. The summed E-state index contributed by atoms with van der Waals surface area (Å²) in [5.41, 5.74) is 3.85.